The van der Waals surface area contributed by atoms with Gasteiger partial charge in [0.25, 0.3) is 5.91 Å². The monoisotopic (exact) mass is 499 g/mol. The standard InChI is InChI=1S/C26H27Cl2N3O3/c27-21-7-4-8-22(28)20(21)15-34-23-13-19(14-30-24(23)29)25(32)31-16-26(33)11-9-18(10-12-26)17-5-2-1-3-6-17/h1-8,13-14,18,33H,9-12,15-16H2,(H2,29,30)(H,31,32)/t18-,26-. The van der Waals surface area contributed by atoms with Crippen molar-refractivity contribution < 1.29 is 14.6 Å². The van der Waals surface area contributed by atoms with Crippen LogP contribution in [0.3, 0.4) is 0 Å². The molecule has 1 heterocycles. The summed E-state index contributed by atoms with van der Waals surface area (Å²) < 4.78 is 5.76. The molecular weight excluding hydrogens is 473 g/mol. The number of nitrogens with zero attached hydrogens (tertiary/aromatic N) is 1. The molecule has 2 aromatic carbocycles. The third-order valence-corrected chi connectivity index (χ3v) is 7.05. The summed E-state index contributed by atoms with van der Waals surface area (Å²) in [6.07, 6.45) is 4.39. The molecular formula is C26H27Cl2N3O3. The Hall–Kier alpha value is -2.80. The fourth-order valence-electron chi connectivity index (χ4n) is 4.25. The molecule has 1 saturated carbocycles. The quantitative estimate of drug-likeness (QED) is 0.405. The van der Waals surface area contributed by atoms with Gasteiger partial charge in [-0.05, 0) is 55.4 Å². The fraction of sp³-hybridized carbons (Fsp3) is 0.308. The minimum Gasteiger partial charge on any atom is -0.485 e. The van der Waals surface area contributed by atoms with Gasteiger partial charge in [-0.25, -0.2) is 4.98 Å². The number of hydrogen-bond donors (Lipinski definition) is 3. The molecule has 3 aromatic rings. The lowest BCUT2D eigenvalue weighted by Gasteiger charge is -2.36. The highest BCUT2D eigenvalue weighted by molar-refractivity contribution is 6.35. The maximum Gasteiger partial charge on any atom is 0.253 e. The number of nitrogens with one attached hydrogen (secondary N) is 1. The number of nitrogens with two attached hydrogens (primary N) is 1. The zero-order valence-electron chi connectivity index (χ0n) is 18.6. The summed E-state index contributed by atoms with van der Waals surface area (Å²) in [5, 5.41) is 14.8. The smallest absolute Gasteiger partial charge is 0.253 e. The predicted octanol–water partition coefficient (Wildman–Crippen LogP) is 5.37. The van der Waals surface area contributed by atoms with Crippen molar-refractivity contribution in [3.8, 4) is 5.75 Å². The van der Waals surface area contributed by atoms with Gasteiger partial charge in [-0.2, -0.15) is 0 Å². The molecule has 0 unspecified atom stereocenters. The summed E-state index contributed by atoms with van der Waals surface area (Å²) in [6.45, 7) is 0.251. The van der Waals surface area contributed by atoms with Crippen LogP contribution in [0.15, 0.2) is 60.8 Å². The Balaban J connectivity index is 1.34. The summed E-state index contributed by atoms with van der Waals surface area (Å²) in [5.41, 5.74) is 7.21. The van der Waals surface area contributed by atoms with Crippen LogP contribution in [-0.4, -0.2) is 28.1 Å². The number of ether oxygens (including phenoxy) is 1. The van der Waals surface area contributed by atoms with E-state index in [0.29, 0.717) is 34.4 Å². The van der Waals surface area contributed by atoms with E-state index in [4.69, 9.17) is 33.7 Å². The van der Waals surface area contributed by atoms with Gasteiger partial charge in [0, 0.05) is 28.4 Å². The summed E-state index contributed by atoms with van der Waals surface area (Å²) in [7, 11) is 0. The van der Waals surface area contributed by atoms with E-state index in [0.717, 1.165) is 12.8 Å². The molecule has 0 bridgehead atoms. The van der Waals surface area contributed by atoms with Gasteiger partial charge in [0.2, 0.25) is 0 Å². The average molecular weight is 500 g/mol. The van der Waals surface area contributed by atoms with Crippen molar-refractivity contribution >= 4 is 34.9 Å². The Morgan fingerprint density at radius 2 is 1.79 bits per heavy atom. The van der Waals surface area contributed by atoms with Gasteiger partial charge in [0.05, 0.1) is 11.2 Å². The molecule has 4 rings (SSSR count). The molecule has 4 N–H and O–H groups in total. The largest absolute Gasteiger partial charge is 0.485 e. The summed E-state index contributed by atoms with van der Waals surface area (Å²) >= 11 is 12.4. The Morgan fingerprint density at radius 1 is 1.12 bits per heavy atom. The van der Waals surface area contributed by atoms with Crippen molar-refractivity contribution in [3.63, 3.8) is 0 Å². The SMILES string of the molecule is Nc1ncc(C(=O)NC[C@]2(O)CC[C@H](c3ccccc3)CC2)cc1OCc1c(Cl)cccc1Cl. The van der Waals surface area contributed by atoms with Crippen molar-refractivity contribution in [1.82, 2.24) is 10.3 Å². The number of benzene rings is 2. The maximum absolute atomic E-state index is 12.8. The summed E-state index contributed by atoms with van der Waals surface area (Å²) in [6, 6.07) is 17.1. The molecule has 0 spiro atoms. The van der Waals surface area contributed by atoms with Crippen molar-refractivity contribution in [2.45, 2.75) is 43.8 Å². The van der Waals surface area contributed by atoms with E-state index in [-0.39, 0.29) is 36.2 Å². The molecule has 0 radical (unpaired) electrons. The van der Waals surface area contributed by atoms with Gasteiger partial charge in [-0.1, -0.05) is 59.6 Å². The first kappa shape index (κ1) is 24.3. The van der Waals surface area contributed by atoms with Crippen LogP contribution in [0.1, 0.15) is 53.1 Å². The fourth-order valence-corrected chi connectivity index (χ4v) is 4.76. The maximum atomic E-state index is 12.8. The Labute approximate surface area is 209 Å². The number of rotatable bonds is 7. The van der Waals surface area contributed by atoms with E-state index in [1.54, 1.807) is 18.2 Å². The van der Waals surface area contributed by atoms with E-state index >= 15 is 0 Å². The number of aliphatic hydroxyl groups is 1. The number of amides is 1. The number of anilines is 1. The molecule has 1 amide bonds. The molecule has 1 aliphatic rings. The van der Waals surface area contributed by atoms with Crippen LogP contribution in [0, 0.1) is 0 Å². The third-order valence-electron chi connectivity index (χ3n) is 6.34. The van der Waals surface area contributed by atoms with Crippen LogP contribution in [0.25, 0.3) is 0 Å². The first-order valence-corrected chi connectivity index (χ1v) is 12.0. The van der Waals surface area contributed by atoms with E-state index in [9.17, 15) is 9.90 Å². The topological polar surface area (TPSA) is 97.5 Å². The van der Waals surface area contributed by atoms with Gasteiger partial charge in [-0.15, -0.1) is 0 Å². The first-order chi connectivity index (χ1) is 16.3. The number of halogens is 2. The molecule has 1 aliphatic carbocycles. The van der Waals surface area contributed by atoms with E-state index < -0.39 is 5.60 Å². The molecule has 1 fully saturated rings. The van der Waals surface area contributed by atoms with Crippen LogP contribution < -0.4 is 15.8 Å². The highest BCUT2D eigenvalue weighted by atomic mass is 35.5. The van der Waals surface area contributed by atoms with Gasteiger partial charge in [0.15, 0.2) is 11.6 Å². The third kappa shape index (κ3) is 5.81. The highest BCUT2D eigenvalue weighted by Crippen LogP contribution is 2.37. The molecule has 8 heteroatoms. The molecule has 34 heavy (non-hydrogen) atoms. The lowest BCUT2D eigenvalue weighted by atomic mass is 9.76. The minimum absolute atomic E-state index is 0.0811. The minimum atomic E-state index is -0.928. The molecule has 0 aliphatic heterocycles. The number of pyridine rings is 1. The van der Waals surface area contributed by atoms with Crippen LogP contribution in [0.2, 0.25) is 10.0 Å². The number of nitrogen functional groups attached to an aromatic ring is 1. The molecule has 178 valence electrons. The van der Waals surface area contributed by atoms with E-state index in [2.05, 4.69) is 22.4 Å². The second kappa shape index (κ2) is 10.6. The van der Waals surface area contributed by atoms with Gasteiger partial charge in [-0.3, -0.25) is 4.79 Å². The van der Waals surface area contributed by atoms with Gasteiger partial charge >= 0.3 is 0 Å². The molecule has 1 aromatic heterocycles. The van der Waals surface area contributed by atoms with Gasteiger partial charge in [0.1, 0.15) is 6.61 Å². The van der Waals surface area contributed by atoms with Gasteiger partial charge < -0.3 is 20.9 Å². The Bertz CT molecular complexity index is 1130. The van der Waals surface area contributed by atoms with E-state index in [1.807, 2.05) is 18.2 Å². The number of carbonyl (C=O) groups is 1. The van der Waals surface area contributed by atoms with Crippen molar-refractivity contribution in [2.24, 2.45) is 0 Å². The zero-order valence-corrected chi connectivity index (χ0v) is 20.1. The van der Waals surface area contributed by atoms with Crippen molar-refractivity contribution in [2.75, 3.05) is 12.3 Å². The van der Waals surface area contributed by atoms with Crippen LogP contribution >= 0.6 is 23.2 Å². The number of hydrogen-bond acceptors (Lipinski definition) is 5. The lowest BCUT2D eigenvalue weighted by molar-refractivity contribution is 0.000547. The Kier molecular flexibility index (Phi) is 7.61. The number of carbonyl (C=O) groups excluding carboxylic acids is 1. The average Bonchev–Trinajstić information content (AvgIpc) is 2.84. The lowest BCUT2D eigenvalue weighted by Crippen LogP contribution is -2.45. The highest BCUT2D eigenvalue weighted by Gasteiger charge is 2.34. The Morgan fingerprint density at radius 3 is 2.47 bits per heavy atom. The number of aromatic nitrogens is 1. The van der Waals surface area contributed by atoms with Crippen molar-refractivity contribution in [3.05, 3.63) is 87.5 Å². The first-order valence-electron chi connectivity index (χ1n) is 11.2. The molecule has 0 atom stereocenters. The van der Waals surface area contributed by atoms with Crippen LogP contribution in [-0.2, 0) is 6.61 Å². The summed E-state index contributed by atoms with van der Waals surface area (Å²) in [5.74, 6) is 0.486. The normalized spacial score (nSPS) is 20.0. The second-order valence-corrected chi connectivity index (χ2v) is 9.50. The predicted molar refractivity (Wildman–Crippen MR) is 134 cm³/mol. The van der Waals surface area contributed by atoms with Crippen molar-refractivity contribution in [1.29, 1.82) is 0 Å². The van der Waals surface area contributed by atoms with Crippen LogP contribution in [0.5, 0.6) is 5.75 Å². The molecule has 0 saturated heterocycles. The van der Waals surface area contributed by atoms with Crippen LogP contribution in [0.4, 0.5) is 5.82 Å². The van der Waals surface area contributed by atoms with E-state index in [1.165, 1.54) is 17.8 Å². The molecule has 6 nitrogen and oxygen atoms in total. The summed E-state index contributed by atoms with van der Waals surface area (Å²) in [4.78, 5) is 16.8. The second-order valence-electron chi connectivity index (χ2n) is 8.69. The zero-order chi connectivity index (χ0) is 24.1.